The highest BCUT2D eigenvalue weighted by molar-refractivity contribution is 5.99. The quantitative estimate of drug-likeness (QED) is 0.795. The number of hydrogen-bond donors (Lipinski definition) is 2. The summed E-state index contributed by atoms with van der Waals surface area (Å²) in [6.45, 7) is 0.967. The number of methoxy groups -OCH3 is 1. The number of fused-ring (bicyclic) bond motifs is 1. The maximum Gasteiger partial charge on any atom is 0.323 e. The largest absolute Gasteiger partial charge is 0.491 e. The second-order valence-electron chi connectivity index (χ2n) is 3.81. The summed E-state index contributed by atoms with van der Waals surface area (Å²) in [6.07, 6.45) is 1.51. The van der Waals surface area contributed by atoms with Crippen LogP contribution >= 0.6 is 0 Å². The predicted molar refractivity (Wildman–Crippen MR) is 68.7 cm³/mol. The van der Waals surface area contributed by atoms with Crippen LogP contribution in [-0.2, 0) is 4.74 Å². The van der Waals surface area contributed by atoms with Crippen molar-refractivity contribution in [1.82, 2.24) is 4.57 Å². The molecule has 0 aliphatic heterocycles. The highest BCUT2D eigenvalue weighted by Crippen LogP contribution is 2.27. The number of carbonyl (C=O) groups is 1. The van der Waals surface area contributed by atoms with Crippen LogP contribution in [0.2, 0.25) is 0 Å². The smallest absolute Gasteiger partial charge is 0.323 e. The molecule has 0 aliphatic rings. The Hall–Kier alpha value is -2.21. The van der Waals surface area contributed by atoms with Crippen molar-refractivity contribution in [2.75, 3.05) is 26.1 Å². The summed E-state index contributed by atoms with van der Waals surface area (Å²) in [6, 6.07) is 4.72. The summed E-state index contributed by atoms with van der Waals surface area (Å²) in [7, 11) is 1.61. The van der Waals surface area contributed by atoms with Gasteiger partial charge in [-0.2, -0.15) is 0 Å². The molecule has 1 aromatic heterocycles. The number of aromatic nitrogens is 1. The lowest BCUT2D eigenvalue weighted by atomic mass is 10.2. The standard InChI is InChI=1S/C12H15N3O3/c1-17-4-5-18-8-2-3-11-9(6-8)10(13)7-15(11)12(14)16/h2-3,6-7H,4-5,13H2,1H3,(H2,14,16). The van der Waals surface area contributed by atoms with Crippen LogP contribution in [0.3, 0.4) is 0 Å². The zero-order valence-corrected chi connectivity index (χ0v) is 10.1. The second kappa shape index (κ2) is 4.97. The molecular weight excluding hydrogens is 234 g/mol. The highest BCUT2D eigenvalue weighted by atomic mass is 16.5. The average molecular weight is 249 g/mol. The average Bonchev–Trinajstić information content (AvgIpc) is 2.67. The van der Waals surface area contributed by atoms with Crippen molar-refractivity contribution < 1.29 is 14.3 Å². The summed E-state index contributed by atoms with van der Waals surface area (Å²) >= 11 is 0. The molecule has 1 amide bonds. The maximum absolute atomic E-state index is 11.2. The van der Waals surface area contributed by atoms with Gasteiger partial charge in [-0.1, -0.05) is 0 Å². The Balaban J connectivity index is 2.34. The molecule has 6 nitrogen and oxygen atoms in total. The Kier molecular flexibility index (Phi) is 3.38. The molecule has 0 bridgehead atoms. The number of benzene rings is 1. The monoisotopic (exact) mass is 249 g/mol. The van der Waals surface area contributed by atoms with Gasteiger partial charge in [0.1, 0.15) is 12.4 Å². The van der Waals surface area contributed by atoms with E-state index in [-0.39, 0.29) is 0 Å². The van der Waals surface area contributed by atoms with E-state index in [1.165, 1.54) is 10.8 Å². The van der Waals surface area contributed by atoms with Crippen LogP contribution in [0.15, 0.2) is 24.4 Å². The fourth-order valence-corrected chi connectivity index (χ4v) is 1.75. The lowest BCUT2D eigenvalue weighted by Crippen LogP contribution is -2.18. The van der Waals surface area contributed by atoms with Gasteiger partial charge in [-0.25, -0.2) is 4.79 Å². The van der Waals surface area contributed by atoms with Crippen LogP contribution in [0.4, 0.5) is 10.5 Å². The van der Waals surface area contributed by atoms with E-state index < -0.39 is 6.03 Å². The molecule has 0 radical (unpaired) electrons. The van der Waals surface area contributed by atoms with Crippen LogP contribution in [0.25, 0.3) is 10.9 Å². The Morgan fingerprint density at radius 2 is 2.17 bits per heavy atom. The molecule has 2 aromatic rings. The van der Waals surface area contributed by atoms with Gasteiger partial charge in [0.2, 0.25) is 0 Å². The molecule has 96 valence electrons. The van der Waals surface area contributed by atoms with Gasteiger partial charge >= 0.3 is 6.03 Å². The summed E-state index contributed by atoms with van der Waals surface area (Å²) in [5, 5.41) is 0.740. The minimum Gasteiger partial charge on any atom is -0.491 e. The second-order valence-corrected chi connectivity index (χ2v) is 3.81. The van der Waals surface area contributed by atoms with Gasteiger partial charge in [0.15, 0.2) is 0 Å². The molecular formula is C12H15N3O3. The summed E-state index contributed by atoms with van der Waals surface area (Å²) < 4.78 is 11.7. The third-order valence-corrected chi connectivity index (χ3v) is 2.60. The molecule has 6 heteroatoms. The van der Waals surface area contributed by atoms with Gasteiger partial charge in [-0.3, -0.25) is 4.57 Å². The van der Waals surface area contributed by atoms with Crippen LogP contribution in [0.5, 0.6) is 5.75 Å². The van der Waals surface area contributed by atoms with E-state index in [1.54, 1.807) is 25.3 Å². The van der Waals surface area contributed by atoms with Crippen molar-refractivity contribution in [3.8, 4) is 5.75 Å². The van der Waals surface area contributed by atoms with Crippen molar-refractivity contribution in [2.24, 2.45) is 5.73 Å². The molecule has 0 saturated carbocycles. The fraction of sp³-hybridized carbons (Fsp3) is 0.250. The summed E-state index contributed by atoms with van der Waals surface area (Å²) in [5.74, 6) is 0.675. The normalized spacial score (nSPS) is 10.7. The molecule has 2 rings (SSSR count). The fourth-order valence-electron chi connectivity index (χ4n) is 1.75. The third kappa shape index (κ3) is 2.23. The first-order valence-electron chi connectivity index (χ1n) is 5.45. The van der Waals surface area contributed by atoms with Crippen molar-refractivity contribution in [1.29, 1.82) is 0 Å². The summed E-state index contributed by atoms with van der Waals surface area (Å²) in [4.78, 5) is 11.2. The maximum atomic E-state index is 11.2. The molecule has 0 fully saturated rings. The summed E-state index contributed by atoms with van der Waals surface area (Å²) in [5.41, 5.74) is 12.2. The van der Waals surface area contributed by atoms with E-state index in [9.17, 15) is 4.79 Å². The molecule has 0 unspecified atom stereocenters. The number of nitrogen functional groups attached to an aromatic ring is 1. The number of nitrogens with zero attached hydrogens (tertiary/aromatic N) is 1. The minimum atomic E-state index is -0.565. The predicted octanol–water partition coefficient (Wildman–Crippen LogP) is 1.18. The molecule has 0 spiro atoms. The number of nitrogens with two attached hydrogens (primary N) is 2. The van der Waals surface area contributed by atoms with Crippen molar-refractivity contribution >= 4 is 22.6 Å². The van der Waals surface area contributed by atoms with Crippen molar-refractivity contribution in [3.05, 3.63) is 24.4 Å². The van der Waals surface area contributed by atoms with E-state index in [0.29, 0.717) is 30.2 Å². The Morgan fingerprint density at radius 1 is 1.39 bits per heavy atom. The molecule has 0 aliphatic carbocycles. The van der Waals surface area contributed by atoms with Crippen LogP contribution < -0.4 is 16.2 Å². The van der Waals surface area contributed by atoms with E-state index in [0.717, 1.165) is 5.39 Å². The molecule has 18 heavy (non-hydrogen) atoms. The number of primary amides is 1. The Labute approximate surface area is 104 Å². The molecule has 0 saturated heterocycles. The number of carbonyl (C=O) groups excluding carboxylic acids is 1. The Bertz CT molecular complexity index is 577. The number of ether oxygens (including phenoxy) is 2. The first-order chi connectivity index (χ1) is 8.63. The van der Waals surface area contributed by atoms with Gasteiger partial charge in [0.25, 0.3) is 0 Å². The zero-order valence-electron chi connectivity index (χ0n) is 10.1. The third-order valence-electron chi connectivity index (χ3n) is 2.60. The molecule has 0 atom stereocenters. The number of hydrogen-bond acceptors (Lipinski definition) is 4. The lowest BCUT2D eigenvalue weighted by molar-refractivity contribution is 0.146. The van der Waals surface area contributed by atoms with Crippen LogP contribution in [-0.4, -0.2) is 30.9 Å². The molecule has 1 heterocycles. The van der Waals surface area contributed by atoms with Gasteiger partial charge in [-0.15, -0.1) is 0 Å². The first-order valence-corrected chi connectivity index (χ1v) is 5.45. The van der Waals surface area contributed by atoms with Crippen LogP contribution in [0.1, 0.15) is 0 Å². The minimum absolute atomic E-state index is 0.457. The van der Waals surface area contributed by atoms with E-state index in [4.69, 9.17) is 20.9 Å². The van der Waals surface area contributed by atoms with Gasteiger partial charge in [-0.05, 0) is 18.2 Å². The van der Waals surface area contributed by atoms with E-state index >= 15 is 0 Å². The van der Waals surface area contributed by atoms with Gasteiger partial charge < -0.3 is 20.9 Å². The SMILES string of the molecule is COCCOc1ccc2c(c1)c(N)cn2C(N)=O. The van der Waals surface area contributed by atoms with Crippen molar-refractivity contribution in [3.63, 3.8) is 0 Å². The van der Waals surface area contributed by atoms with Crippen molar-refractivity contribution in [2.45, 2.75) is 0 Å². The van der Waals surface area contributed by atoms with Gasteiger partial charge in [0.05, 0.1) is 17.8 Å². The molecule has 1 aromatic carbocycles. The Morgan fingerprint density at radius 3 is 2.83 bits per heavy atom. The van der Waals surface area contributed by atoms with E-state index in [1.807, 2.05) is 0 Å². The number of anilines is 1. The van der Waals surface area contributed by atoms with E-state index in [2.05, 4.69) is 0 Å². The number of amides is 1. The number of rotatable bonds is 4. The van der Waals surface area contributed by atoms with Gasteiger partial charge in [0, 0.05) is 18.7 Å². The lowest BCUT2D eigenvalue weighted by Gasteiger charge is -2.06. The van der Waals surface area contributed by atoms with Crippen LogP contribution in [0, 0.1) is 0 Å². The molecule has 4 N–H and O–H groups in total. The topological polar surface area (TPSA) is 92.5 Å². The highest BCUT2D eigenvalue weighted by Gasteiger charge is 2.10. The zero-order chi connectivity index (χ0) is 13.1. The first kappa shape index (κ1) is 12.3.